The Morgan fingerprint density at radius 3 is 1.49 bits per heavy atom. The molecule has 31 nitrogen and oxygen atoms in total. The van der Waals surface area contributed by atoms with Crippen LogP contribution in [0.1, 0.15) is 167 Å². The second-order valence-corrected chi connectivity index (χ2v) is 28.0. The quantitative estimate of drug-likeness (QED) is 0.0208. The van der Waals surface area contributed by atoms with Gasteiger partial charge in [0.2, 0.25) is 76.8 Å². The van der Waals surface area contributed by atoms with Gasteiger partial charge in [-0.05, 0) is 105 Å². The summed E-state index contributed by atoms with van der Waals surface area (Å²) in [5.41, 5.74) is 18.2. The van der Waals surface area contributed by atoms with E-state index in [1.54, 1.807) is 55.4 Å². The molecule has 20 N–H and O–H groups in total. The van der Waals surface area contributed by atoms with E-state index in [0.717, 1.165) is 5.56 Å². The Morgan fingerprint density at radius 2 is 0.970 bits per heavy atom. The number of nitrogens with one attached hydrogen (secondary N) is 13. The summed E-state index contributed by atoms with van der Waals surface area (Å²) in [5, 5.41) is 49.3. The van der Waals surface area contributed by atoms with Crippen LogP contribution in [0.4, 0.5) is 0 Å². The second-order valence-electron chi connectivity index (χ2n) is 28.0. The van der Waals surface area contributed by atoms with Crippen LogP contribution in [-0.4, -0.2) is 192 Å². The summed E-state index contributed by atoms with van der Waals surface area (Å²) in [6, 6.07) is -3.87. The molecule has 1 aromatic carbocycles. The van der Waals surface area contributed by atoms with Gasteiger partial charge < -0.3 is 91.0 Å². The van der Waals surface area contributed by atoms with Crippen molar-refractivity contribution in [2.45, 2.75) is 234 Å². The van der Waals surface area contributed by atoms with Gasteiger partial charge in [0.25, 0.3) is 0 Å². The van der Waals surface area contributed by atoms with Gasteiger partial charge in [0.1, 0.15) is 60.4 Å². The number of nitrogens with two attached hydrogens (primary N) is 3. The molecule has 1 aliphatic rings. The number of rotatable bonds is 44. The van der Waals surface area contributed by atoms with Crippen LogP contribution in [0.25, 0.3) is 0 Å². The third kappa shape index (κ3) is 31.1. The standard InChI is InChI=1S/C68H117N17O14/c1-15-41(13)55(84-62(94)48(30-38(7)8)78-63(95)51-25-21-27-85(51)67(99)49(31-39(9)10)80-58(90)44(69)32-43-22-18-17-19-23-43)64(96)75-33-52(87)76-45(24-20-26-73-68(71)72)60(92)83-54(40(11)12)65(97)79-47(29-37(5)6)61(93)81-50(35-86)59(91)74-34-53(88)82-56(42(14)16-2)66(98)77-46(57(70)89)28-36(3)4/h17-19,22-23,36-42,44-51,54-56,86H,15-16,20-21,24-35,69H2,1-14H3,(H2,70,89)(H,74,91)(H,75,96)(H,76,87)(H,77,98)(H,78,95)(H,79,97)(H,80,90)(H,81,93)(H,82,88)(H,83,92)(H,84,94)(H4,71,72,73)/t41-,42-,44-,45-,46-,47-,48-,49-,50-,51-,54-,55-,56-/m0/s1. The number of primary amides is 1. The average Bonchev–Trinajstić information content (AvgIpc) is 1.77. The summed E-state index contributed by atoms with van der Waals surface area (Å²) in [4.78, 5) is 180. The summed E-state index contributed by atoms with van der Waals surface area (Å²) in [6.07, 6.45) is 2.61. The van der Waals surface area contributed by atoms with Crippen LogP contribution in [0.2, 0.25) is 0 Å². The third-order valence-electron chi connectivity index (χ3n) is 17.0. The van der Waals surface area contributed by atoms with Gasteiger partial charge in [-0.3, -0.25) is 67.7 Å². The Morgan fingerprint density at radius 1 is 0.515 bits per heavy atom. The molecule has 0 spiro atoms. The number of hydrogen-bond donors (Lipinski definition) is 17. The van der Waals surface area contributed by atoms with Crippen LogP contribution in [0.15, 0.2) is 30.3 Å². The number of carbonyl (C=O) groups excluding carboxylic acids is 13. The lowest BCUT2D eigenvalue weighted by Gasteiger charge is -2.31. The summed E-state index contributed by atoms with van der Waals surface area (Å²) in [6.45, 7) is 23.0. The number of likely N-dealkylation sites (tertiary alicyclic amines) is 1. The number of aliphatic hydroxyl groups excluding tert-OH is 1. The van der Waals surface area contributed by atoms with Gasteiger partial charge in [-0.25, -0.2) is 0 Å². The van der Waals surface area contributed by atoms with Gasteiger partial charge in [-0.2, -0.15) is 0 Å². The Bertz CT molecular complexity index is 2860. The summed E-state index contributed by atoms with van der Waals surface area (Å²) in [5.74, 6) is -11.9. The van der Waals surface area contributed by atoms with Crippen LogP contribution < -0.4 is 81.0 Å². The summed E-state index contributed by atoms with van der Waals surface area (Å²) in [7, 11) is 0. The molecule has 99 heavy (non-hydrogen) atoms. The highest BCUT2D eigenvalue weighted by molar-refractivity contribution is 5.99. The number of amides is 13. The monoisotopic (exact) mass is 1400 g/mol. The Labute approximate surface area is 583 Å². The predicted octanol–water partition coefficient (Wildman–Crippen LogP) is -1.18. The van der Waals surface area contributed by atoms with Crippen molar-refractivity contribution in [2.75, 3.05) is 32.8 Å². The van der Waals surface area contributed by atoms with E-state index in [2.05, 4.69) is 63.8 Å². The molecule has 2 rings (SSSR count). The van der Waals surface area contributed by atoms with Gasteiger partial charge in [0.15, 0.2) is 5.96 Å². The molecule has 558 valence electrons. The minimum atomic E-state index is -1.63. The summed E-state index contributed by atoms with van der Waals surface area (Å²) >= 11 is 0. The number of guanidine groups is 1. The molecule has 1 aromatic rings. The molecule has 0 unspecified atom stereocenters. The maximum Gasteiger partial charge on any atom is 0.245 e. The smallest absolute Gasteiger partial charge is 0.245 e. The van der Waals surface area contributed by atoms with E-state index < -0.39 is 181 Å². The van der Waals surface area contributed by atoms with E-state index >= 15 is 0 Å². The van der Waals surface area contributed by atoms with Crippen molar-refractivity contribution < 1.29 is 67.4 Å². The highest BCUT2D eigenvalue weighted by atomic mass is 16.3. The first-order valence-electron chi connectivity index (χ1n) is 34.8. The molecular formula is C68H117N17O14. The maximum atomic E-state index is 14.3. The van der Waals surface area contributed by atoms with Crippen LogP contribution >= 0.6 is 0 Å². The van der Waals surface area contributed by atoms with E-state index in [0.29, 0.717) is 19.3 Å². The first kappa shape index (κ1) is 86.6. The van der Waals surface area contributed by atoms with Crippen LogP contribution in [0.3, 0.4) is 0 Å². The first-order chi connectivity index (χ1) is 46.4. The normalized spacial score (nSPS) is 16.6. The molecule has 0 bridgehead atoms. The van der Waals surface area contributed by atoms with Crippen molar-refractivity contribution >= 4 is 82.8 Å². The van der Waals surface area contributed by atoms with Crippen molar-refractivity contribution in [2.24, 2.45) is 58.6 Å². The second kappa shape index (κ2) is 43.8. The highest BCUT2D eigenvalue weighted by Crippen LogP contribution is 2.22. The molecule has 31 heteroatoms. The van der Waals surface area contributed by atoms with E-state index in [4.69, 9.17) is 22.6 Å². The van der Waals surface area contributed by atoms with E-state index in [1.165, 1.54) is 4.90 Å². The van der Waals surface area contributed by atoms with E-state index in [9.17, 15) is 67.4 Å². The average molecular weight is 1400 g/mol. The SMILES string of the molecule is CC[C@H](C)[C@H](NC(=O)CNC(=O)[C@H](CO)NC(=O)[C@H](CC(C)C)NC(=O)[C@@H](NC(=O)[C@H](CCCNC(=N)N)NC(=O)CNC(=O)[C@@H](NC(=O)[C@H](CC(C)C)NC(=O)[C@@H]1CCCN1C(=O)[C@H](CC(C)C)NC(=O)[C@@H](N)Cc1ccccc1)[C@@H](C)CC)C(C)C)C(=O)N[C@@H](CC(C)C)C(N)=O. The lowest BCUT2D eigenvalue weighted by Crippen LogP contribution is -2.60. The molecule has 1 fully saturated rings. The fourth-order valence-electron chi connectivity index (χ4n) is 11.1. The van der Waals surface area contributed by atoms with Crippen LogP contribution in [0, 0.1) is 46.8 Å². The fourth-order valence-corrected chi connectivity index (χ4v) is 11.1. The molecule has 0 aromatic heterocycles. The zero-order chi connectivity index (χ0) is 75.0. The molecule has 0 aliphatic carbocycles. The fraction of sp³-hybridized carbons (Fsp3) is 0.706. The largest absolute Gasteiger partial charge is 0.394 e. The molecular weight excluding hydrogens is 1280 g/mol. The molecule has 13 amide bonds. The molecule has 1 heterocycles. The Kier molecular flexibility index (Phi) is 38.3. The predicted molar refractivity (Wildman–Crippen MR) is 373 cm³/mol. The van der Waals surface area contributed by atoms with E-state index in [-0.39, 0.29) is 94.1 Å². The molecule has 13 atom stereocenters. The van der Waals surface area contributed by atoms with Gasteiger partial charge in [-0.15, -0.1) is 0 Å². The van der Waals surface area contributed by atoms with Crippen molar-refractivity contribution in [3.63, 3.8) is 0 Å². The van der Waals surface area contributed by atoms with Gasteiger partial charge in [0, 0.05) is 13.1 Å². The zero-order valence-electron chi connectivity index (χ0n) is 60.5. The van der Waals surface area contributed by atoms with E-state index in [1.807, 2.05) is 71.9 Å². The minimum Gasteiger partial charge on any atom is -0.394 e. The molecule has 0 radical (unpaired) electrons. The highest BCUT2D eigenvalue weighted by Gasteiger charge is 2.41. The van der Waals surface area contributed by atoms with Crippen molar-refractivity contribution in [3.8, 4) is 0 Å². The molecule has 1 saturated heterocycles. The number of aliphatic hydroxyl groups is 1. The van der Waals surface area contributed by atoms with Gasteiger partial charge in [0.05, 0.1) is 25.7 Å². The maximum absolute atomic E-state index is 14.3. The lowest BCUT2D eigenvalue weighted by atomic mass is 9.96. The number of benzene rings is 1. The Hall–Kier alpha value is -8.48. The minimum absolute atomic E-state index is 0.00856. The van der Waals surface area contributed by atoms with Gasteiger partial charge in [-0.1, -0.05) is 140 Å². The number of nitrogens with zero attached hydrogens (tertiary/aromatic N) is 1. The van der Waals surface area contributed by atoms with Crippen molar-refractivity contribution in [3.05, 3.63) is 35.9 Å². The summed E-state index contributed by atoms with van der Waals surface area (Å²) < 4.78 is 0. The van der Waals surface area contributed by atoms with Crippen molar-refractivity contribution in [1.82, 2.24) is 68.7 Å². The van der Waals surface area contributed by atoms with Gasteiger partial charge >= 0.3 is 0 Å². The number of hydrogen-bond acceptors (Lipinski definition) is 16. The lowest BCUT2D eigenvalue weighted by molar-refractivity contribution is -0.142. The van der Waals surface area contributed by atoms with Crippen LogP contribution in [0.5, 0.6) is 0 Å². The Balaban J connectivity index is 2.26. The topological polar surface area (TPSA) is 492 Å². The first-order valence-corrected chi connectivity index (χ1v) is 34.8. The molecule has 1 aliphatic heterocycles. The zero-order valence-corrected chi connectivity index (χ0v) is 60.5. The van der Waals surface area contributed by atoms with Crippen molar-refractivity contribution in [1.29, 1.82) is 5.41 Å². The van der Waals surface area contributed by atoms with Crippen LogP contribution in [-0.2, 0) is 68.7 Å². The number of carbonyl (C=O) groups is 13. The third-order valence-corrected chi connectivity index (χ3v) is 17.0. The molecule has 0 saturated carbocycles.